The predicted octanol–water partition coefficient (Wildman–Crippen LogP) is 4.72. The second-order valence-corrected chi connectivity index (χ2v) is 7.87. The normalized spacial score (nSPS) is 23.1. The van der Waals surface area contributed by atoms with Crippen LogP contribution in [0.25, 0.3) is 0 Å². The molecule has 0 spiro atoms. The fraction of sp³-hybridized carbons (Fsp3) is 0.375. The summed E-state index contributed by atoms with van der Waals surface area (Å²) in [6.07, 6.45) is 1.73. The number of carbonyl (C=O) groups excluding carboxylic acids is 1. The van der Waals surface area contributed by atoms with Crippen molar-refractivity contribution in [3.05, 3.63) is 77.1 Å². The van der Waals surface area contributed by atoms with Gasteiger partial charge in [-0.25, -0.2) is 4.79 Å². The molecule has 2 aromatic rings. The van der Waals surface area contributed by atoms with E-state index in [1.807, 2.05) is 42.5 Å². The minimum atomic E-state index is -0.971. The monoisotopic (exact) mass is 394 g/mol. The van der Waals surface area contributed by atoms with Gasteiger partial charge in [0, 0.05) is 20.3 Å². The smallest absolute Gasteiger partial charge is 0.343 e. The molecule has 0 bridgehead atoms. The number of esters is 1. The highest BCUT2D eigenvalue weighted by Crippen LogP contribution is 2.43. The van der Waals surface area contributed by atoms with Gasteiger partial charge >= 0.3 is 5.97 Å². The molecule has 0 fully saturated rings. The highest BCUT2D eigenvalue weighted by molar-refractivity contribution is 5.91. The van der Waals surface area contributed by atoms with Crippen molar-refractivity contribution in [2.24, 2.45) is 0 Å². The van der Waals surface area contributed by atoms with Crippen LogP contribution >= 0.6 is 0 Å². The summed E-state index contributed by atoms with van der Waals surface area (Å²) in [6.45, 7) is 3.51. The molecule has 2 unspecified atom stereocenters. The van der Waals surface area contributed by atoms with Gasteiger partial charge in [0.15, 0.2) is 0 Å². The molecule has 0 aromatic heterocycles. The highest BCUT2D eigenvalue weighted by atomic mass is 16.7. The van der Waals surface area contributed by atoms with Crippen molar-refractivity contribution in [2.75, 3.05) is 7.11 Å². The number of carbonyl (C=O) groups is 1. The zero-order chi connectivity index (χ0) is 20.4. The van der Waals surface area contributed by atoms with Crippen LogP contribution in [0.3, 0.4) is 0 Å². The highest BCUT2D eigenvalue weighted by Gasteiger charge is 2.44. The topological polar surface area (TPSA) is 54.0 Å². The minimum Gasteiger partial charge on any atom is -0.497 e. The van der Waals surface area contributed by atoms with Crippen molar-refractivity contribution in [3.8, 4) is 5.75 Å². The third-order valence-corrected chi connectivity index (χ3v) is 5.25. The Kier molecular flexibility index (Phi) is 5.33. The molecule has 2 atom stereocenters. The number of aryl methyl sites for hydroxylation is 1. The maximum atomic E-state index is 12.8. The van der Waals surface area contributed by atoms with E-state index in [1.165, 1.54) is 5.56 Å². The Balaban J connectivity index is 1.62. The van der Waals surface area contributed by atoms with Crippen LogP contribution in [0.4, 0.5) is 0 Å². The lowest BCUT2D eigenvalue weighted by molar-refractivity contribution is -0.217. The van der Waals surface area contributed by atoms with Gasteiger partial charge < -0.3 is 18.9 Å². The Morgan fingerprint density at radius 1 is 1.03 bits per heavy atom. The van der Waals surface area contributed by atoms with Gasteiger partial charge in [-0.3, -0.25) is 0 Å². The molecule has 2 aromatic carbocycles. The SMILES string of the molecule is COc1ccc(C2OC(CCc3ccccc3)CC3=C2C(=O)OC(C)(C)O3)cc1. The summed E-state index contributed by atoms with van der Waals surface area (Å²) in [6, 6.07) is 17.9. The van der Waals surface area contributed by atoms with Crippen LogP contribution < -0.4 is 4.74 Å². The van der Waals surface area contributed by atoms with E-state index in [2.05, 4.69) is 12.1 Å². The van der Waals surface area contributed by atoms with Gasteiger partial charge in [0.05, 0.1) is 13.2 Å². The van der Waals surface area contributed by atoms with Crippen LogP contribution in [0.5, 0.6) is 5.75 Å². The Labute approximate surface area is 171 Å². The van der Waals surface area contributed by atoms with Crippen molar-refractivity contribution in [2.45, 2.75) is 51.1 Å². The molecule has 0 radical (unpaired) electrons. The number of cyclic esters (lactones) is 1. The first-order chi connectivity index (χ1) is 13.9. The standard InChI is InChI=1S/C24H26O5/c1-24(2)28-20-15-19(12-9-16-7-5-4-6-8-16)27-22(21(20)23(25)29-24)17-10-13-18(26-3)14-11-17/h4-8,10-11,13-14,19,22H,9,12,15H2,1-3H3. The van der Waals surface area contributed by atoms with Crippen LogP contribution in [-0.2, 0) is 25.4 Å². The molecule has 0 amide bonds. The first-order valence-electron chi connectivity index (χ1n) is 9.94. The fourth-order valence-corrected chi connectivity index (χ4v) is 3.85. The maximum Gasteiger partial charge on any atom is 0.343 e. The van der Waals surface area contributed by atoms with Gasteiger partial charge in [0.2, 0.25) is 5.79 Å². The van der Waals surface area contributed by atoms with Crippen LogP contribution in [0.1, 0.15) is 43.9 Å². The van der Waals surface area contributed by atoms with E-state index in [4.69, 9.17) is 18.9 Å². The zero-order valence-corrected chi connectivity index (χ0v) is 17.0. The van der Waals surface area contributed by atoms with E-state index in [0.29, 0.717) is 17.8 Å². The molecular formula is C24H26O5. The molecule has 0 saturated carbocycles. The van der Waals surface area contributed by atoms with Crippen LogP contribution in [0.15, 0.2) is 65.9 Å². The number of methoxy groups -OCH3 is 1. The van der Waals surface area contributed by atoms with E-state index < -0.39 is 11.9 Å². The van der Waals surface area contributed by atoms with Gasteiger partial charge in [-0.15, -0.1) is 0 Å². The molecular weight excluding hydrogens is 368 g/mol. The van der Waals surface area contributed by atoms with E-state index in [-0.39, 0.29) is 12.1 Å². The van der Waals surface area contributed by atoms with Crippen molar-refractivity contribution in [1.29, 1.82) is 0 Å². The Morgan fingerprint density at radius 3 is 2.45 bits per heavy atom. The quantitative estimate of drug-likeness (QED) is 0.687. The summed E-state index contributed by atoms with van der Waals surface area (Å²) in [5.41, 5.74) is 2.61. The lowest BCUT2D eigenvalue weighted by Gasteiger charge is -2.40. The molecule has 4 rings (SSSR count). The third kappa shape index (κ3) is 4.30. The predicted molar refractivity (Wildman–Crippen MR) is 108 cm³/mol. The number of benzene rings is 2. The van der Waals surface area contributed by atoms with Gasteiger partial charge in [0.1, 0.15) is 23.2 Å². The maximum absolute atomic E-state index is 12.8. The van der Waals surface area contributed by atoms with Gasteiger partial charge in [-0.1, -0.05) is 42.5 Å². The zero-order valence-electron chi connectivity index (χ0n) is 17.0. The third-order valence-electron chi connectivity index (χ3n) is 5.25. The van der Waals surface area contributed by atoms with E-state index in [0.717, 1.165) is 24.2 Å². The van der Waals surface area contributed by atoms with E-state index >= 15 is 0 Å². The van der Waals surface area contributed by atoms with Crippen molar-refractivity contribution in [1.82, 2.24) is 0 Å². The Bertz CT molecular complexity index is 899. The first-order valence-corrected chi connectivity index (χ1v) is 9.94. The van der Waals surface area contributed by atoms with Crippen LogP contribution in [0.2, 0.25) is 0 Å². The van der Waals surface area contributed by atoms with E-state index in [1.54, 1.807) is 21.0 Å². The molecule has 0 N–H and O–H groups in total. The lowest BCUT2D eigenvalue weighted by atomic mass is 9.92. The summed E-state index contributed by atoms with van der Waals surface area (Å²) in [5, 5.41) is 0. The largest absolute Gasteiger partial charge is 0.497 e. The molecule has 29 heavy (non-hydrogen) atoms. The Morgan fingerprint density at radius 2 is 1.76 bits per heavy atom. The number of hydrogen-bond acceptors (Lipinski definition) is 5. The molecule has 2 aliphatic rings. The molecule has 152 valence electrons. The van der Waals surface area contributed by atoms with Crippen LogP contribution in [0, 0.1) is 0 Å². The van der Waals surface area contributed by atoms with Gasteiger partial charge in [-0.2, -0.15) is 0 Å². The van der Waals surface area contributed by atoms with Gasteiger partial charge in [-0.05, 0) is 36.1 Å². The molecule has 5 heteroatoms. The second kappa shape index (κ2) is 7.91. The summed E-state index contributed by atoms with van der Waals surface area (Å²) in [7, 11) is 1.63. The molecule has 2 heterocycles. The molecule has 0 aliphatic carbocycles. The van der Waals surface area contributed by atoms with Crippen molar-refractivity contribution in [3.63, 3.8) is 0 Å². The first kappa shape index (κ1) is 19.5. The number of rotatable bonds is 5. The number of hydrogen-bond donors (Lipinski definition) is 0. The van der Waals surface area contributed by atoms with Crippen molar-refractivity contribution >= 4 is 5.97 Å². The number of ether oxygens (including phenoxy) is 4. The minimum absolute atomic E-state index is 0.0530. The fourth-order valence-electron chi connectivity index (χ4n) is 3.85. The lowest BCUT2D eigenvalue weighted by Crippen LogP contribution is -2.42. The van der Waals surface area contributed by atoms with Crippen LogP contribution in [-0.4, -0.2) is 25.0 Å². The summed E-state index contributed by atoms with van der Waals surface area (Å²) >= 11 is 0. The van der Waals surface area contributed by atoms with Crippen molar-refractivity contribution < 1.29 is 23.7 Å². The molecule has 5 nitrogen and oxygen atoms in total. The summed E-state index contributed by atoms with van der Waals surface area (Å²) in [4.78, 5) is 12.8. The molecule has 2 aliphatic heterocycles. The van der Waals surface area contributed by atoms with E-state index in [9.17, 15) is 4.79 Å². The summed E-state index contributed by atoms with van der Waals surface area (Å²) < 4.78 is 23.2. The average molecular weight is 394 g/mol. The summed E-state index contributed by atoms with van der Waals surface area (Å²) in [5.74, 6) is 0.0831. The van der Waals surface area contributed by atoms with Gasteiger partial charge in [0.25, 0.3) is 0 Å². The second-order valence-electron chi connectivity index (χ2n) is 7.87. The Hall–Kier alpha value is -2.79. The molecule has 0 saturated heterocycles. The average Bonchev–Trinajstić information content (AvgIpc) is 2.71.